The number of carbonyl (C=O) groups is 4. The van der Waals surface area contributed by atoms with E-state index in [1.54, 1.807) is 104 Å². The number of anilines is 3. The quantitative estimate of drug-likeness (QED) is 0.0494. The molecule has 0 radical (unpaired) electrons. The van der Waals surface area contributed by atoms with Crippen molar-refractivity contribution in [3.05, 3.63) is 226 Å². The standard InChI is InChI=1S/C20H14N2O2.C17H18N4O2.C14H10N2O3.C13H8N2O3/c23-20(24)13-10-11-16-15-8-4-5-9-17(15)19(22-18(16)12-13)21-14-6-2-1-3-7-14;1-21(2)8-7-19-16-13-5-6-18-10-14(13)12-4-3-11(17(22)23)9-15(12)20-16;1-19-14(18)8-2-3-9-11-7-15-5-4-10(11)13(17)16-12(9)6-8;16-12-9-3-4-14-6-10(9)8-2-1-7(13(17)18)5-11(8)15-12/h1-12H,(H,21,22)(H,23,24);3-6,9-10H,7-8H2,1-2H3,(H,19,20)(H,22,23);2-7H,1H3,(H,16,17);1-6H,(H,15,16)(H,17,18). The van der Waals surface area contributed by atoms with Gasteiger partial charge in [-0.3, -0.25) is 24.5 Å². The molecule has 0 amide bonds. The fraction of sp³-hybridized carbons (Fsp3) is 0.0781. The fourth-order valence-electron chi connectivity index (χ4n) is 9.49. The van der Waals surface area contributed by atoms with Gasteiger partial charge in [0, 0.05) is 115 Å². The summed E-state index contributed by atoms with van der Waals surface area (Å²) in [4.78, 5) is 97.6. The molecule has 7 aromatic heterocycles. The van der Waals surface area contributed by atoms with E-state index < -0.39 is 23.9 Å². The summed E-state index contributed by atoms with van der Waals surface area (Å²) in [6, 6.07) is 42.7. The van der Waals surface area contributed by atoms with E-state index in [1.807, 2.05) is 80.8 Å². The van der Waals surface area contributed by atoms with Crippen LogP contribution in [-0.4, -0.2) is 113 Å². The van der Waals surface area contributed by atoms with Crippen LogP contribution in [0, 0.1) is 0 Å². The third kappa shape index (κ3) is 12.0. The van der Waals surface area contributed by atoms with Crippen molar-refractivity contribution in [2.24, 2.45) is 0 Å². The van der Waals surface area contributed by atoms with Crippen LogP contribution in [0.3, 0.4) is 0 Å². The molecular formula is C64H50N10O10. The minimum absolute atomic E-state index is 0.140. The van der Waals surface area contributed by atoms with Crippen molar-refractivity contribution in [1.82, 2.24) is 39.8 Å². The Morgan fingerprint density at radius 1 is 0.476 bits per heavy atom. The summed E-state index contributed by atoms with van der Waals surface area (Å²) in [6.45, 7) is 1.63. The maximum atomic E-state index is 11.9. The molecule has 0 aliphatic heterocycles. The number of carboxylic acid groups (broad SMARTS) is 3. The van der Waals surface area contributed by atoms with E-state index in [4.69, 9.17) is 10.2 Å². The molecule has 416 valence electrons. The second-order valence-corrected chi connectivity index (χ2v) is 19.3. The van der Waals surface area contributed by atoms with E-state index in [2.05, 4.69) is 55.2 Å². The summed E-state index contributed by atoms with van der Waals surface area (Å²) in [5.74, 6) is -1.91. The van der Waals surface area contributed by atoms with E-state index in [0.29, 0.717) is 49.6 Å². The third-order valence-corrected chi connectivity index (χ3v) is 13.6. The van der Waals surface area contributed by atoms with Crippen LogP contribution < -0.4 is 21.8 Å². The summed E-state index contributed by atoms with van der Waals surface area (Å²) >= 11 is 0. The topological polar surface area (TPSA) is 296 Å². The number of nitrogens with zero attached hydrogens (tertiary/aromatic N) is 6. The number of aromatic nitrogens is 7. The van der Waals surface area contributed by atoms with Crippen LogP contribution in [0.5, 0.6) is 0 Å². The number of likely N-dealkylation sites (N-methyl/N-ethyl adjacent to an activating group) is 1. The SMILES string of the molecule is CN(C)CCNc1nc2cc(C(=O)O)ccc2c2cnccc12.COC(=O)c1ccc2c(c1)[nH]c(=O)c1ccncc12.O=C(O)c1ccc2c(c1)[nH]c(=O)c1ccncc12.O=C(O)c1ccc2c(c1)nc(Nc1ccccc1)c1ccccc12. The van der Waals surface area contributed by atoms with Crippen molar-refractivity contribution in [3.8, 4) is 0 Å². The van der Waals surface area contributed by atoms with Crippen molar-refractivity contribution in [2.45, 2.75) is 0 Å². The van der Waals surface area contributed by atoms with Gasteiger partial charge in [0.15, 0.2) is 0 Å². The Balaban J connectivity index is 0.000000126. The number of aromatic carboxylic acids is 3. The van der Waals surface area contributed by atoms with Crippen molar-refractivity contribution >= 4 is 128 Å². The van der Waals surface area contributed by atoms with Crippen LogP contribution in [0.25, 0.3) is 86.7 Å². The van der Waals surface area contributed by atoms with Crippen LogP contribution in [0.1, 0.15) is 41.4 Å². The molecule has 0 unspecified atom stereocenters. The summed E-state index contributed by atoms with van der Waals surface area (Å²) in [6.07, 6.45) is 9.90. The summed E-state index contributed by atoms with van der Waals surface area (Å²) < 4.78 is 4.66. The number of nitrogens with one attached hydrogen (secondary N) is 4. The number of esters is 1. The molecular weight excluding hydrogens is 1070 g/mol. The number of ether oxygens (including phenoxy) is 1. The number of para-hydroxylation sites is 1. The molecule has 13 aromatic rings. The number of H-pyrrole nitrogens is 2. The highest BCUT2D eigenvalue weighted by Crippen LogP contribution is 2.33. The molecule has 0 fully saturated rings. The monoisotopic (exact) mass is 1120 g/mol. The van der Waals surface area contributed by atoms with Gasteiger partial charge in [-0.1, -0.05) is 66.7 Å². The van der Waals surface area contributed by atoms with Crippen LogP contribution in [0.2, 0.25) is 0 Å². The molecule has 84 heavy (non-hydrogen) atoms. The molecule has 0 saturated heterocycles. The first kappa shape index (κ1) is 55.8. The minimum Gasteiger partial charge on any atom is -0.478 e. The number of rotatable bonds is 10. The van der Waals surface area contributed by atoms with Gasteiger partial charge in [-0.15, -0.1) is 0 Å². The Morgan fingerprint density at radius 3 is 1.43 bits per heavy atom. The van der Waals surface area contributed by atoms with Crippen molar-refractivity contribution in [1.29, 1.82) is 0 Å². The molecule has 0 bridgehead atoms. The van der Waals surface area contributed by atoms with Crippen LogP contribution in [0.4, 0.5) is 17.3 Å². The summed E-state index contributed by atoms with van der Waals surface area (Å²) in [5.41, 5.74) is 3.88. The first-order valence-corrected chi connectivity index (χ1v) is 25.9. The lowest BCUT2D eigenvalue weighted by atomic mass is 10.0. The number of methoxy groups -OCH3 is 1. The maximum absolute atomic E-state index is 11.9. The van der Waals surface area contributed by atoms with Gasteiger partial charge in [0.2, 0.25) is 0 Å². The second kappa shape index (κ2) is 24.5. The number of hydrogen-bond donors (Lipinski definition) is 7. The van der Waals surface area contributed by atoms with Crippen LogP contribution in [-0.2, 0) is 4.74 Å². The van der Waals surface area contributed by atoms with Gasteiger partial charge in [-0.05, 0) is 98.3 Å². The normalized spacial score (nSPS) is 11.0. The van der Waals surface area contributed by atoms with Crippen molar-refractivity contribution in [2.75, 3.05) is 44.9 Å². The molecule has 20 nitrogen and oxygen atoms in total. The zero-order valence-electron chi connectivity index (χ0n) is 45.1. The number of fused-ring (bicyclic) bond motifs is 12. The number of hydrogen-bond acceptors (Lipinski definition) is 15. The fourth-order valence-corrected chi connectivity index (χ4v) is 9.49. The zero-order chi connectivity index (χ0) is 59.0. The Hall–Kier alpha value is -11.5. The number of carboxylic acids is 3. The predicted octanol–water partition coefficient (Wildman–Crippen LogP) is 10.9. The molecule has 0 atom stereocenters. The van der Waals surface area contributed by atoms with Gasteiger partial charge in [0.05, 0.1) is 51.2 Å². The lowest BCUT2D eigenvalue weighted by Gasteiger charge is -2.14. The molecule has 7 heterocycles. The molecule has 20 heteroatoms. The highest BCUT2D eigenvalue weighted by Gasteiger charge is 2.15. The smallest absolute Gasteiger partial charge is 0.337 e. The van der Waals surface area contributed by atoms with E-state index >= 15 is 0 Å². The van der Waals surface area contributed by atoms with E-state index in [9.17, 15) is 33.9 Å². The van der Waals surface area contributed by atoms with E-state index in [-0.39, 0.29) is 27.8 Å². The Labute approximate surface area is 475 Å². The third-order valence-electron chi connectivity index (χ3n) is 13.6. The van der Waals surface area contributed by atoms with Gasteiger partial charge < -0.3 is 45.6 Å². The van der Waals surface area contributed by atoms with Gasteiger partial charge >= 0.3 is 23.9 Å². The number of pyridine rings is 7. The first-order chi connectivity index (χ1) is 40.6. The van der Waals surface area contributed by atoms with Crippen LogP contribution >= 0.6 is 0 Å². The summed E-state index contributed by atoms with van der Waals surface area (Å²) in [7, 11) is 5.34. The van der Waals surface area contributed by atoms with Gasteiger partial charge in [0.25, 0.3) is 11.1 Å². The number of aromatic amines is 2. The molecule has 13 rings (SSSR count). The van der Waals surface area contributed by atoms with Crippen molar-refractivity contribution < 1.29 is 39.2 Å². The van der Waals surface area contributed by atoms with E-state index in [1.165, 1.54) is 19.2 Å². The molecule has 0 aliphatic rings. The molecule has 6 aromatic carbocycles. The predicted molar refractivity (Wildman–Crippen MR) is 325 cm³/mol. The van der Waals surface area contributed by atoms with Gasteiger partial charge in [0.1, 0.15) is 11.6 Å². The highest BCUT2D eigenvalue weighted by molar-refractivity contribution is 6.13. The Morgan fingerprint density at radius 2 is 0.905 bits per heavy atom. The molecule has 0 aliphatic carbocycles. The largest absolute Gasteiger partial charge is 0.478 e. The maximum Gasteiger partial charge on any atom is 0.337 e. The second-order valence-electron chi connectivity index (χ2n) is 19.3. The lowest BCUT2D eigenvalue weighted by Crippen LogP contribution is -2.21. The van der Waals surface area contributed by atoms with Crippen LogP contribution in [0.15, 0.2) is 192 Å². The minimum atomic E-state index is -1.02. The average molecular weight is 1120 g/mol. The Kier molecular flexibility index (Phi) is 16.3. The van der Waals surface area contributed by atoms with Gasteiger partial charge in [-0.25, -0.2) is 29.1 Å². The highest BCUT2D eigenvalue weighted by atomic mass is 16.5. The van der Waals surface area contributed by atoms with Crippen molar-refractivity contribution in [3.63, 3.8) is 0 Å². The molecule has 0 saturated carbocycles. The van der Waals surface area contributed by atoms with Gasteiger partial charge in [-0.2, -0.15) is 0 Å². The number of benzene rings is 6. The summed E-state index contributed by atoms with van der Waals surface area (Å²) in [5, 5.41) is 44.0. The number of carbonyl (C=O) groups excluding carboxylic acids is 1. The average Bonchev–Trinajstić information content (AvgIpc) is 1.90. The zero-order valence-corrected chi connectivity index (χ0v) is 45.1. The molecule has 0 spiro atoms. The molecule has 7 N–H and O–H groups in total. The van der Waals surface area contributed by atoms with E-state index in [0.717, 1.165) is 73.1 Å². The Bertz CT molecular complexity index is 4840. The first-order valence-electron chi connectivity index (χ1n) is 25.9. The lowest BCUT2D eigenvalue weighted by molar-refractivity contribution is 0.0598.